The van der Waals surface area contributed by atoms with Gasteiger partial charge in [0.05, 0.1) is 19.1 Å². The molecule has 27 heavy (non-hydrogen) atoms. The van der Waals surface area contributed by atoms with Crippen LogP contribution in [-0.2, 0) is 16.1 Å². The van der Waals surface area contributed by atoms with Crippen LogP contribution in [0.3, 0.4) is 0 Å². The van der Waals surface area contributed by atoms with E-state index < -0.39 is 11.1 Å². The van der Waals surface area contributed by atoms with Gasteiger partial charge in [0.25, 0.3) is 5.70 Å². The quantitative estimate of drug-likeness (QED) is 0.224. The number of rotatable bonds is 8. The maximum atomic E-state index is 11.7. The predicted molar refractivity (Wildman–Crippen MR) is 95.0 cm³/mol. The molecule has 0 unspecified atom stereocenters. The van der Waals surface area contributed by atoms with Crippen LogP contribution < -0.4 is 9.47 Å². The minimum absolute atomic E-state index is 0.140. The van der Waals surface area contributed by atoms with Crippen molar-refractivity contribution < 1.29 is 33.1 Å². The zero-order valence-corrected chi connectivity index (χ0v) is 14.7. The summed E-state index contributed by atoms with van der Waals surface area (Å²) in [6.45, 7) is 6.43. The second-order valence-corrected chi connectivity index (χ2v) is 5.15. The maximum Gasteiger partial charge on any atom is 0.514 e. The Balaban J connectivity index is 1.98. The molecule has 0 spiro atoms. The van der Waals surface area contributed by atoms with Gasteiger partial charge in [-0.1, -0.05) is 6.58 Å². The largest absolute Gasteiger partial charge is 0.514 e. The normalized spacial score (nSPS) is 10.6. The molecule has 2 aromatic rings. The lowest BCUT2D eigenvalue weighted by Gasteiger charge is -2.04. The average Bonchev–Trinajstić information content (AvgIpc) is 3.06. The minimum Gasteiger partial charge on any atom is -0.497 e. The van der Waals surface area contributed by atoms with Gasteiger partial charge in [0.1, 0.15) is 17.3 Å². The van der Waals surface area contributed by atoms with Gasteiger partial charge >= 0.3 is 6.16 Å². The van der Waals surface area contributed by atoms with Crippen LogP contribution in [0.1, 0.15) is 5.76 Å². The Morgan fingerprint density at radius 2 is 1.96 bits per heavy atom. The number of hydrogen-bond acceptors (Lipinski definition) is 8. The van der Waals surface area contributed by atoms with E-state index in [0.717, 1.165) is 12.2 Å². The van der Waals surface area contributed by atoms with E-state index in [2.05, 4.69) is 13.2 Å². The summed E-state index contributed by atoms with van der Waals surface area (Å²) in [5.41, 5.74) is 0.107. The fraction of sp³-hybridized carbons (Fsp3) is 0.167. The molecule has 0 aliphatic rings. The van der Waals surface area contributed by atoms with E-state index in [1.807, 2.05) is 0 Å². The van der Waals surface area contributed by atoms with Gasteiger partial charge in [0.2, 0.25) is 0 Å². The SMILES string of the molecule is C=C(/C=C\C(=C)[N+](=O)[O-])OC(=O)OCc1cc2cc(OC)cc(OC)c2o1. The third-order valence-corrected chi connectivity index (χ3v) is 3.31. The number of ether oxygens (including phenoxy) is 4. The highest BCUT2D eigenvalue weighted by atomic mass is 16.7. The highest BCUT2D eigenvalue weighted by Crippen LogP contribution is 2.33. The Labute approximate surface area is 154 Å². The molecule has 0 N–H and O–H groups in total. The van der Waals surface area contributed by atoms with Gasteiger partial charge in [-0.25, -0.2) is 4.79 Å². The lowest BCUT2D eigenvalue weighted by molar-refractivity contribution is -0.418. The van der Waals surface area contributed by atoms with Crippen LogP contribution in [0.2, 0.25) is 0 Å². The summed E-state index contributed by atoms with van der Waals surface area (Å²) in [6, 6.07) is 5.08. The maximum absolute atomic E-state index is 11.7. The molecule has 0 aliphatic heterocycles. The van der Waals surface area contributed by atoms with E-state index in [-0.39, 0.29) is 18.1 Å². The zero-order chi connectivity index (χ0) is 20.0. The van der Waals surface area contributed by atoms with Crippen LogP contribution in [0.4, 0.5) is 4.79 Å². The molecular weight excluding hydrogens is 358 g/mol. The van der Waals surface area contributed by atoms with Crippen molar-refractivity contribution in [1.82, 2.24) is 0 Å². The lowest BCUT2D eigenvalue weighted by Crippen LogP contribution is -2.05. The molecule has 0 saturated heterocycles. The number of carbonyl (C=O) groups excluding carboxylic acids is 1. The Morgan fingerprint density at radius 1 is 1.22 bits per heavy atom. The van der Waals surface area contributed by atoms with Crippen LogP contribution in [0, 0.1) is 10.1 Å². The second kappa shape index (κ2) is 8.56. The van der Waals surface area contributed by atoms with Crippen molar-refractivity contribution in [3.63, 3.8) is 0 Å². The van der Waals surface area contributed by atoms with Crippen LogP contribution in [0.25, 0.3) is 11.0 Å². The lowest BCUT2D eigenvalue weighted by atomic mass is 10.2. The molecule has 0 aliphatic carbocycles. The molecule has 0 fully saturated rings. The van der Waals surface area contributed by atoms with Gasteiger partial charge < -0.3 is 23.4 Å². The van der Waals surface area contributed by atoms with Crippen molar-refractivity contribution in [2.45, 2.75) is 6.61 Å². The van der Waals surface area contributed by atoms with Gasteiger partial charge in [0.15, 0.2) is 17.9 Å². The molecule has 9 nitrogen and oxygen atoms in total. The first-order valence-electron chi connectivity index (χ1n) is 7.53. The summed E-state index contributed by atoms with van der Waals surface area (Å²) >= 11 is 0. The fourth-order valence-electron chi connectivity index (χ4n) is 2.04. The minimum atomic E-state index is -1.04. The van der Waals surface area contributed by atoms with Crippen molar-refractivity contribution in [2.75, 3.05) is 14.2 Å². The monoisotopic (exact) mass is 375 g/mol. The van der Waals surface area contributed by atoms with Crippen molar-refractivity contribution in [1.29, 1.82) is 0 Å². The van der Waals surface area contributed by atoms with Crippen molar-refractivity contribution >= 4 is 17.1 Å². The number of nitrogens with zero attached hydrogens (tertiary/aromatic N) is 1. The predicted octanol–water partition coefficient (Wildman–Crippen LogP) is 3.96. The van der Waals surface area contributed by atoms with E-state index in [4.69, 9.17) is 23.4 Å². The smallest absolute Gasteiger partial charge is 0.497 e. The molecule has 0 saturated carbocycles. The van der Waals surface area contributed by atoms with E-state index in [1.54, 1.807) is 18.2 Å². The Bertz CT molecular complexity index is 925. The van der Waals surface area contributed by atoms with Gasteiger partial charge in [0, 0.05) is 17.5 Å². The number of nitro groups is 1. The standard InChI is InChI=1S/C18H17NO8/c1-11(19(21)22)5-6-12(2)26-18(20)25-10-15-8-13-7-14(23-3)9-16(24-4)17(13)27-15/h5-9H,1-2,10H2,3-4H3/b6-5-. The average molecular weight is 375 g/mol. The molecule has 0 amide bonds. The molecule has 1 aromatic heterocycles. The van der Waals surface area contributed by atoms with E-state index in [0.29, 0.717) is 28.2 Å². The van der Waals surface area contributed by atoms with E-state index in [9.17, 15) is 14.9 Å². The van der Waals surface area contributed by atoms with Crippen LogP contribution in [-0.4, -0.2) is 25.3 Å². The van der Waals surface area contributed by atoms with Crippen LogP contribution in [0.15, 0.2) is 59.4 Å². The highest BCUT2D eigenvalue weighted by molar-refractivity contribution is 5.85. The summed E-state index contributed by atoms with van der Waals surface area (Å²) in [6.07, 6.45) is 1.14. The first kappa shape index (κ1) is 19.6. The summed E-state index contributed by atoms with van der Waals surface area (Å²) in [5, 5.41) is 11.1. The molecule has 0 bridgehead atoms. The first-order valence-corrected chi connectivity index (χ1v) is 7.53. The van der Waals surface area contributed by atoms with Crippen LogP contribution >= 0.6 is 0 Å². The Kier molecular flexibility index (Phi) is 6.21. The van der Waals surface area contributed by atoms with Gasteiger partial charge in [-0.05, 0) is 24.8 Å². The number of furan rings is 1. The number of methoxy groups -OCH3 is 2. The number of fused-ring (bicyclic) bond motifs is 1. The molecule has 0 atom stereocenters. The molecule has 9 heteroatoms. The highest BCUT2D eigenvalue weighted by Gasteiger charge is 2.14. The molecule has 2 rings (SSSR count). The molecule has 142 valence electrons. The van der Waals surface area contributed by atoms with E-state index in [1.165, 1.54) is 14.2 Å². The molecular formula is C18H17NO8. The number of benzene rings is 1. The number of hydrogen-bond donors (Lipinski definition) is 0. The number of carbonyl (C=O) groups is 1. The number of allylic oxidation sites excluding steroid dienone is 2. The van der Waals surface area contributed by atoms with Crippen molar-refractivity contribution in [2.24, 2.45) is 0 Å². The van der Waals surface area contributed by atoms with E-state index >= 15 is 0 Å². The van der Waals surface area contributed by atoms with Gasteiger partial charge in [-0.3, -0.25) is 10.1 Å². The Morgan fingerprint density at radius 3 is 2.59 bits per heavy atom. The van der Waals surface area contributed by atoms with Gasteiger partial charge in [-0.2, -0.15) is 0 Å². The molecule has 0 radical (unpaired) electrons. The third kappa shape index (κ3) is 5.11. The van der Waals surface area contributed by atoms with Crippen molar-refractivity contribution in [3.05, 3.63) is 70.8 Å². The third-order valence-electron chi connectivity index (χ3n) is 3.31. The second-order valence-electron chi connectivity index (χ2n) is 5.15. The fourth-order valence-corrected chi connectivity index (χ4v) is 2.04. The topological polar surface area (TPSA) is 110 Å². The zero-order valence-electron chi connectivity index (χ0n) is 14.7. The molecule has 1 aromatic carbocycles. The first-order chi connectivity index (χ1) is 12.8. The summed E-state index contributed by atoms with van der Waals surface area (Å²) < 4.78 is 25.7. The summed E-state index contributed by atoms with van der Waals surface area (Å²) in [5.74, 6) is 1.28. The Hall–Kier alpha value is -3.75. The summed E-state index contributed by atoms with van der Waals surface area (Å²) in [4.78, 5) is 21.4. The van der Waals surface area contributed by atoms with Crippen molar-refractivity contribution in [3.8, 4) is 11.5 Å². The summed E-state index contributed by atoms with van der Waals surface area (Å²) in [7, 11) is 3.03. The van der Waals surface area contributed by atoms with Gasteiger partial charge in [-0.15, -0.1) is 0 Å². The molecule has 1 heterocycles. The van der Waals surface area contributed by atoms with Crippen LogP contribution in [0.5, 0.6) is 11.5 Å².